The fraction of sp³-hybridized carbons (Fsp3) is 0.353. The average Bonchev–Trinajstić information content (AvgIpc) is 3.13. The van der Waals surface area contributed by atoms with Crippen LogP contribution in [0, 0.1) is 12.8 Å². The Labute approximate surface area is 139 Å². The Balaban J connectivity index is 1.70. The molecule has 1 N–H and O–H groups in total. The molecule has 2 amide bonds. The molecule has 0 radical (unpaired) electrons. The van der Waals surface area contributed by atoms with Gasteiger partial charge in [-0.1, -0.05) is 19.1 Å². The maximum atomic E-state index is 12.3. The highest BCUT2D eigenvalue weighted by Crippen LogP contribution is 2.27. The largest absolute Gasteiger partial charge is 0.312 e. The lowest BCUT2D eigenvalue weighted by Crippen LogP contribution is -2.28. The average molecular weight is 329 g/mol. The molecule has 1 atom stereocenters. The van der Waals surface area contributed by atoms with Gasteiger partial charge in [-0.25, -0.2) is 4.98 Å². The highest BCUT2D eigenvalue weighted by Gasteiger charge is 2.35. The van der Waals surface area contributed by atoms with E-state index in [9.17, 15) is 9.59 Å². The van der Waals surface area contributed by atoms with Crippen molar-refractivity contribution < 1.29 is 9.59 Å². The monoisotopic (exact) mass is 329 g/mol. The Bertz CT molecular complexity index is 741. The Morgan fingerprint density at radius 2 is 2.30 bits per heavy atom. The van der Waals surface area contributed by atoms with E-state index in [-0.39, 0.29) is 24.2 Å². The first-order valence-corrected chi connectivity index (χ1v) is 8.51. The third kappa shape index (κ3) is 3.42. The molecule has 23 heavy (non-hydrogen) atoms. The summed E-state index contributed by atoms with van der Waals surface area (Å²) in [5.41, 5.74) is 2.05. The van der Waals surface area contributed by atoms with Gasteiger partial charge in [0.25, 0.3) is 0 Å². The zero-order valence-electron chi connectivity index (χ0n) is 13.2. The smallest absolute Gasteiger partial charge is 0.231 e. The molecule has 1 aliphatic heterocycles. The van der Waals surface area contributed by atoms with Gasteiger partial charge in [-0.15, -0.1) is 11.3 Å². The van der Waals surface area contributed by atoms with Gasteiger partial charge in [0, 0.05) is 29.7 Å². The molecule has 0 saturated carbocycles. The van der Waals surface area contributed by atoms with Crippen molar-refractivity contribution in [2.75, 3.05) is 16.8 Å². The first-order valence-electron chi connectivity index (χ1n) is 7.69. The highest BCUT2D eigenvalue weighted by molar-refractivity contribution is 7.15. The normalized spacial score (nSPS) is 17.6. The fourth-order valence-electron chi connectivity index (χ4n) is 2.70. The van der Waals surface area contributed by atoms with Crippen LogP contribution in [0.25, 0.3) is 0 Å². The summed E-state index contributed by atoms with van der Waals surface area (Å²) in [5.74, 6) is -0.479. The predicted molar refractivity (Wildman–Crippen MR) is 91.8 cm³/mol. The molecule has 1 fully saturated rings. The Hall–Kier alpha value is -2.21. The van der Waals surface area contributed by atoms with Crippen molar-refractivity contribution in [1.29, 1.82) is 0 Å². The summed E-state index contributed by atoms with van der Waals surface area (Å²) in [6.45, 7) is 4.44. The zero-order valence-corrected chi connectivity index (χ0v) is 14.0. The topological polar surface area (TPSA) is 62.3 Å². The molecule has 1 saturated heterocycles. The van der Waals surface area contributed by atoms with Crippen LogP contribution in [0.1, 0.15) is 23.8 Å². The molecular weight excluding hydrogens is 310 g/mol. The first-order chi connectivity index (χ1) is 11.1. The number of nitrogens with one attached hydrogen (secondary N) is 1. The number of benzene rings is 1. The summed E-state index contributed by atoms with van der Waals surface area (Å²) >= 11 is 1.44. The van der Waals surface area contributed by atoms with Gasteiger partial charge in [0.05, 0.1) is 5.92 Å². The molecule has 2 heterocycles. The second kappa shape index (κ2) is 6.50. The fourth-order valence-corrected chi connectivity index (χ4v) is 3.36. The van der Waals surface area contributed by atoms with Crippen LogP contribution in [0.15, 0.2) is 30.5 Å². The van der Waals surface area contributed by atoms with Gasteiger partial charge < -0.3 is 10.2 Å². The molecule has 1 aliphatic rings. The van der Waals surface area contributed by atoms with E-state index < -0.39 is 0 Å². The predicted octanol–water partition coefficient (Wildman–Crippen LogP) is 3.01. The summed E-state index contributed by atoms with van der Waals surface area (Å²) in [4.78, 5) is 31.5. The van der Waals surface area contributed by atoms with E-state index in [2.05, 4.69) is 17.2 Å². The summed E-state index contributed by atoms with van der Waals surface area (Å²) in [6.07, 6.45) is 2.89. The lowest BCUT2D eigenvalue weighted by molar-refractivity contribution is -0.122. The van der Waals surface area contributed by atoms with Gasteiger partial charge in [0.1, 0.15) is 0 Å². The zero-order chi connectivity index (χ0) is 16.4. The highest BCUT2D eigenvalue weighted by atomic mass is 32.1. The number of amides is 2. The molecule has 0 bridgehead atoms. The van der Waals surface area contributed by atoms with Crippen molar-refractivity contribution in [2.24, 2.45) is 5.92 Å². The molecular formula is C17H19N3O2S. The second-order valence-electron chi connectivity index (χ2n) is 5.69. The molecule has 1 aromatic carbocycles. The van der Waals surface area contributed by atoms with E-state index in [1.165, 1.54) is 16.9 Å². The van der Waals surface area contributed by atoms with Crippen LogP contribution in [-0.4, -0.2) is 23.3 Å². The van der Waals surface area contributed by atoms with Crippen LogP contribution in [0.4, 0.5) is 10.8 Å². The van der Waals surface area contributed by atoms with Gasteiger partial charge in [-0.3, -0.25) is 9.59 Å². The van der Waals surface area contributed by atoms with Crippen molar-refractivity contribution in [3.8, 4) is 0 Å². The number of anilines is 2. The minimum Gasteiger partial charge on any atom is -0.312 e. The summed E-state index contributed by atoms with van der Waals surface area (Å²) < 4.78 is 0. The maximum Gasteiger partial charge on any atom is 0.231 e. The van der Waals surface area contributed by atoms with Crippen molar-refractivity contribution in [3.63, 3.8) is 0 Å². The van der Waals surface area contributed by atoms with Crippen molar-refractivity contribution in [2.45, 2.75) is 26.7 Å². The van der Waals surface area contributed by atoms with Crippen molar-refractivity contribution in [3.05, 3.63) is 40.9 Å². The van der Waals surface area contributed by atoms with E-state index in [0.29, 0.717) is 11.7 Å². The quantitative estimate of drug-likeness (QED) is 0.938. The maximum absolute atomic E-state index is 12.3. The molecule has 1 aromatic heterocycles. The van der Waals surface area contributed by atoms with Crippen LogP contribution < -0.4 is 10.2 Å². The van der Waals surface area contributed by atoms with Crippen LogP contribution in [0.3, 0.4) is 0 Å². The number of thiazole rings is 1. The third-order valence-corrected chi connectivity index (χ3v) is 4.81. The Morgan fingerprint density at radius 3 is 3.00 bits per heavy atom. The number of aromatic nitrogens is 1. The minimum atomic E-state index is -0.336. The molecule has 120 valence electrons. The number of nitrogens with zero attached hydrogens (tertiary/aromatic N) is 2. The SMILES string of the molecule is CCc1cccc(N2CC(C(=O)Nc3ncc(C)s3)CC2=O)c1. The number of carbonyl (C=O) groups is 2. The first kappa shape index (κ1) is 15.7. The Morgan fingerprint density at radius 1 is 1.48 bits per heavy atom. The van der Waals surface area contributed by atoms with Crippen LogP contribution >= 0.6 is 11.3 Å². The van der Waals surface area contributed by atoms with E-state index in [1.807, 2.05) is 31.2 Å². The number of hydrogen-bond donors (Lipinski definition) is 1. The van der Waals surface area contributed by atoms with Gasteiger partial charge in [-0.05, 0) is 31.0 Å². The van der Waals surface area contributed by atoms with Gasteiger partial charge >= 0.3 is 0 Å². The molecule has 2 aromatic rings. The number of rotatable bonds is 4. The molecule has 0 aliphatic carbocycles. The summed E-state index contributed by atoms with van der Waals surface area (Å²) in [6, 6.07) is 7.93. The number of carbonyl (C=O) groups excluding carboxylic acids is 2. The van der Waals surface area contributed by atoms with E-state index in [1.54, 1.807) is 11.1 Å². The van der Waals surface area contributed by atoms with E-state index >= 15 is 0 Å². The van der Waals surface area contributed by atoms with Crippen LogP contribution in [0.5, 0.6) is 0 Å². The van der Waals surface area contributed by atoms with E-state index in [4.69, 9.17) is 0 Å². The molecule has 6 heteroatoms. The Kier molecular flexibility index (Phi) is 4.43. The third-order valence-electron chi connectivity index (χ3n) is 3.98. The standard InChI is InChI=1S/C17H19N3O2S/c1-3-12-5-4-6-14(7-12)20-10-13(8-15(20)21)16(22)19-17-18-9-11(2)23-17/h4-7,9,13H,3,8,10H2,1-2H3,(H,18,19,22). The lowest BCUT2D eigenvalue weighted by atomic mass is 10.1. The second-order valence-corrected chi connectivity index (χ2v) is 6.93. The lowest BCUT2D eigenvalue weighted by Gasteiger charge is -2.17. The van der Waals surface area contributed by atoms with Gasteiger partial charge in [0.2, 0.25) is 11.8 Å². The van der Waals surface area contributed by atoms with E-state index in [0.717, 1.165) is 17.0 Å². The van der Waals surface area contributed by atoms with Gasteiger partial charge in [-0.2, -0.15) is 0 Å². The number of aryl methyl sites for hydroxylation is 2. The van der Waals surface area contributed by atoms with Crippen LogP contribution in [0.2, 0.25) is 0 Å². The summed E-state index contributed by atoms with van der Waals surface area (Å²) in [7, 11) is 0. The number of hydrogen-bond acceptors (Lipinski definition) is 4. The van der Waals surface area contributed by atoms with Gasteiger partial charge in [0.15, 0.2) is 5.13 Å². The van der Waals surface area contributed by atoms with Crippen molar-refractivity contribution in [1.82, 2.24) is 4.98 Å². The summed E-state index contributed by atoms with van der Waals surface area (Å²) in [5, 5.41) is 3.40. The van der Waals surface area contributed by atoms with Crippen molar-refractivity contribution >= 4 is 34.0 Å². The molecule has 0 spiro atoms. The molecule has 5 nitrogen and oxygen atoms in total. The minimum absolute atomic E-state index is 0.00581. The van der Waals surface area contributed by atoms with Crippen LogP contribution in [-0.2, 0) is 16.0 Å². The molecule has 1 unspecified atom stereocenters. The molecule has 3 rings (SSSR count).